The van der Waals surface area contributed by atoms with Crippen molar-refractivity contribution >= 4 is 16.9 Å². The lowest BCUT2D eigenvalue weighted by atomic mass is 10.1. The lowest BCUT2D eigenvalue weighted by Crippen LogP contribution is -2.35. The Morgan fingerprint density at radius 3 is 2.75 bits per heavy atom. The Morgan fingerprint density at radius 2 is 1.96 bits per heavy atom. The molecule has 1 unspecified atom stereocenters. The van der Waals surface area contributed by atoms with Crippen LogP contribution in [0.15, 0.2) is 22.6 Å². The first kappa shape index (κ1) is 17.3. The van der Waals surface area contributed by atoms with E-state index in [1.807, 2.05) is 36.9 Å². The minimum absolute atomic E-state index is 0.0127. The number of aryl methyl sites for hydroxylation is 2. The average molecular weight is 378 g/mol. The molecule has 0 aliphatic carbocycles. The number of aromatic nitrogens is 3. The van der Waals surface area contributed by atoms with Gasteiger partial charge in [-0.1, -0.05) is 0 Å². The van der Waals surface area contributed by atoms with Crippen LogP contribution in [-0.4, -0.2) is 45.5 Å². The molecule has 1 amide bonds. The normalized spacial score (nSPS) is 19.2. The molecule has 1 saturated heterocycles. The molecule has 2 aliphatic rings. The van der Waals surface area contributed by atoms with Crippen molar-refractivity contribution in [3.8, 4) is 0 Å². The second-order valence-electron chi connectivity index (χ2n) is 7.56. The molecule has 28 heavy (non-hydrogen) atoms. The van der Waals surface area contributed by atoms with Crippen LogP contribution in [0.5, 0.6) is 0 Å². The van der Waals surface area contributed by atoms with Gasteiger partial charge in [-0.05, 0) is 38.5 Å². The zero-order valence-electron chi connectivity index (χ0n) is 16.1. The summed E-state index contributed by atoms with van der Waals surface area (Å²) in [5, 5.41) is 0. The van der Waals surface area contributed by atoms with Crippen LogP contribution in [-0.2, 0) is 17.7 Å². The summed E-state index contributed by atoms with van der Waals surface area (Å²) in [6.45, 7) is 6.39. The number of rotatable bonds is 2. The largest absolute Gasteiger partial charge is 0.445 e. The number of ether oxygens (including phenoxy) is 1. The van der Waals surface area contributed by atoms with Crippen LogP contribution >= 0.6 is 0 Å². The zero-order valence-corrected chi connectivity index (χ0v) is 16.1. The van der Waals surface area contributed by atoms with Gasteiger partial charge in [-0.3, -0.25) is 4.79 Å². The van der Waals surface area contributed by atoms with Gasteiger partial charge >= 0.3 is 0 Å². The van der Waals surface area contributed by atoms with Gasteiger partial charge < -0.3 is 14.1 Å². The molecule has 2 aliphatic heterocycles. The topological polar surface area (TPSA) is 81.4 Å². The molecule has 7 nitrogen and oxygen atoms in total. The van der Waals surface area contributed by atoms with Crippen LogP contribution in [0.25, 0.3) is 11.0 Å². The van der Waals surface area contributed by atoms with Crippen LogP contribution in [0.1, 0.15) is 51.4 Å². The molecular formula is C21H22N4O3. The molecule has 3 aromatic rings. The molecule has 0 bridgehead atoms. The van der Waals surface area contributed by atoms with E-state index >= 15 is 0 Å². The highest BCUT2D eigenvalue weighted by atomic mass is 16.5. The molecule has 0 spiro atoms. The van der Waals surface area contributed by atoms with Gasteiger partial charge in [-0.25, -0.2) is 15.0 Å². The van der Waals surface area contributed by atoms with Crippen molar-refractivity contribution in [2.75, 3.05) is 19.8 Å². The summed E-state index contributed by atoms with van der Waals surface area (Å²) >= 11 is 0. The van der Waals surface area contributed by atoms with Crippen molar-refractivity contribution < 1.29 is 13.9 Å². The van der Waals surface area contributed by atoms with Gasteiger partial charge in [0.2, 0.25) is 0 Å². The third-order valence-electron chi connectivity index (χ3n) is 5.63. The van der Waals surface area contributed by atoms with E-state index < -0.39 is 0 Å². The summed E-state index contributed by atoms with van der Waals surface area (Å²) in [4.78, 5) is 28.7. The van der Waals surface area contributed by atoms with Gasteiger partial charge in [-0.15, -0.1) is 0 Å². The van der Waals surface area contributed by atoms with E-state index in [2.05, 4.69) is 15.0 Å². The van der Waals surface area contributed by atoms with Gasteiger partial charge in [-0.2, -0.15) is 0 Å². The second-order valence-corrected chi connectivity index (χ2v) is 7.56. The van der Waals surface area contributed by atoms with E-state index in [1.54, 1.807) is 0 Å². The third kappa shape index (κ3) is 2.96. The predicted octanol–water partition coefficient (Wildman–Crippen LogP) is 2.94. The fraction of sp³-hybridized carbons (Fsp3) is 0.429. The minimum Gasteiger partial charge on any atom is -0.445 e. The number of amides is 1. The van der Waals surface area contributed by atoms with Gasteiger partial charge in [0.05, 0.1) is 41.5 Å². The quantitative estimate of drug-likeness (QED) is 0.682. The molecule has 7 heteroatoms. The Hall–Kier alpha value is -2.80. The lowest BCUT2D eigenvalue weighted by molar-refractivity contribution is 0.0728. The Balaban J connectivity index is 1.39. The van der Waals surface area contributed by atoms with E-state index in [9.17, 15) is 4.79 Å². The summed E-state index contributed by atoms with van der Waals surface area (Å²) in [7, 11) is 0. The van der Waals surface area contributed by atoms with Crippen molar-refractivity contribution in [3.05, 3.63) is 52.5 Å². The summed E-state index contributed by atoms with van der Waals surface area (Å²) < 4.78 is 11.4. The van der Waals surface area contributed by atoms with Crippen LogP contribution < -0.4 is 0 Å². The average Bonchev–Trinajstić information content (AvgIpc) is 3.36. The number of fused-ring (bicyclic) bond motifs is 2. The Bertz CT molecular complexity index is 1070. The highest BCUT2D eigenvalue weighted by Crippen LogP contribution is 2.29. The van der Waals surface area contributed by atoms with Gasteiger partial charge in [0.25, 0.3) is 5.91 Å². The molecule has 1 atom stereocenters. The van der Waals surface area contributed by atoms with Crippen LogP contribution in [0.3, 0.4) is 0 Å². The third-order valence-corrected chi connectivity index (χ3v) is 5.63. The maximum Gasteiger partial charge on any atom is 0.254 e. The summed E-state index contributed by atoms with van der Waals surface area (Å²) in [5.74, 6) is 1.88. The minimum atomic E-state index is -0.0127. The number of nitrogens with zero attached hydrogens (tertiary/aromatic N) is 4. The Kier molecular flexibility index (Phi) is 4.12. The molecule has 0 radical (unpaired) electrons. The van der Waals surface area contributed by atoms with Crippen molar-refractivity contribution in [3.63, 3.8) is 0 Å². The first-order valence-electron chi connectivity index (χ1n) is 9.69. The molecule has 5 rings (SSSR count). The van der Waals surface area contributed by atoms with Crippen LogP contribution in [0, 0.1) is 13.8 Å². The number of benzene rings is 1. The Labute approximate surface area is 162 Å². The first-order valence-corrected chi connectivity index (χ1v) is 9.69. The zero-order chi connectivity index (χ0) is 19.3. The van der Waals surface area contributed by atoms with Gasteiger partial charge in [0.15, 0.2) is 5.89 Å². The van der Waals surface area contributed by atoms with Crippen LogP contribution in [0.2, 0.25) is 0 Å². The fourth-order valence-corrected chi connectivity index (χ4v) is 3.84. The van der Waals surface area contributed by atoms with Crippen molar-refractivity contribution in [1.29, 1.82) is 0 Å². The standard InChI is InChI=1S/C21H22N4O3/c1-12-13(2)23-17-9-14(3-4-16(17)22-12)21(26)25-7-5-19-18(10-25)24-20(28-19)15-6-8-27-11-15/h3-4,9,15H,5-8,10-11H2,1-2H3. The molecule has 0 saturated carbocycles. The van der Waals surface area contributed by atoms with Gasteiger partial charge in [0.1, 0.15) is 11.5 Å². The number of carbonyl (C=O) groups excluding carboxylic acids is 1. The van der Waals surface area contributed by atoms with E-state index in [0.717, 1.165) is 52.8 Å². The molecular weight excluding hydrogens is 356 g/mol. The fourth-order valence-electron chi connectivity index (χ4n) is 3.84. The van der Waals surface area contributed by atoms with Crippen molar-refractivity contribution in [2.45, 2.75) is 39.2 Å². The molecule has 1 fully saturated rings. The van der Waals surface area contributed by atoms with E-state index in [0.29, 0.717) is 31.7 Å². The van der Waals surface area contributed by atoms with E-state index in [4.69, 9.17) is 9.15 Å². The summed E-state index contributed by atoms with van der Waals surface area (Å²) in [5.41, 5.74) is 4.84. The maximum atomic E-state index is 13.1. The summed E-state index contributed by atoms with van der Waals surface area (Å²) in [6.07, 6.45) is 1.63. The SMILES string of the molecule is Cc1nc2ccc(C(=O)N3CCc4oc(C5CCOC5)nc4C3)cc2nc1C. The number of hydrogen-bond donors (Lipinski definition) is 0. The number of oxazole rings is 1. The molecule has 4 heterocycles. The Morgan fingerprint density at radius 1 is 1.14 bits per heavy atom. The smallest absolute Gasteiger partial charge is 0.254 e. The van der Waals surface area contributed by atoms with Crippen molar-refractivity contribution in [2.24, 2.45) is 0 Å². The van der Waals surface area contributed by atoms with E-state index in [-0.39, 0.29) is 11.8 Å². The second kappa shape index (κ2) is 6.67. The van der Waals surface area contributed by atoms with E-state index in [1.165, 1.54) is 0 Å². The molecule has 0 N–H and O–H groups in total. The molecule has 2 aromatic heterocycles. The molecule has 1 aromatic carbocycles. The van der Waals surface area contributed by atoms with Gasteiger partial charge in [0, 0.05) is 25.1 Å². The number of hydrogen-bond acceptors (Lipinski definition) is 6. The summed E-state index contributed by atoms with van der Waals surface area (Å²) in [6, 6.07) is 5.52. The first-order chi connectivity index (χ1) is 13.6. The number of carbonyl (C=O) groups is 1. The van der Waals surface area contributed by atoms with Crippen LogP contribution in [0.4, 0.5) is 0 Å². The predicted molar refractivity (Wildman–Crippen MR) is 102 cm³/mol. The lowest BCUT2D eigenvalue weighted by Gasteiger charge is -2.25. The monoisotopic (exact) mass is 378 g/mol. The highest BCUT2D eigenvalue weighted by Gasteiger charge is 2.30. The highest BCUT2D eigenvalue weighted by molar-refractivity contribution is 5.97. The van der Waals surface area contributed by atoms with Crippen molar-refractivity contribution in [1.82, 2.24) is 19.9 Å². The maximum absolute atomic E-state index is 13.1. The molecule has 144 valence electrons.